The number of anilines is 1. The van der Waals surface area contributed by atoms with Crippen LogP contribution in [0.15, 0.2) is 0 Å². The van der Waals surface area contributed by atoms with Gasteiger partial charge in [0.15, 0.2) is 0 Å². The molecular formula is C14H26N4O2. The van der Waals surface area contributed by atoms with E-state index in [2.05, 4.69) is 10.4 Å². The monoisotopic (exact) mass is 282 g/mol. The van der Waals surface area contributed by atoms with Crippen LogP contribution >= 0.6 is 0 Å². The largest absolute Gasteiger partial charge is 0.396 e. The topological polar surface area (TPSA) is 82.2 Å². The molecule has 1 atom stereocenters. The maximum absolute atomic E-state index is 12.1. The number of hydrogen-bond acceptors (Lipinski definition) is 4. The van der Waals surface area contributed by atoms with Crippen molar-refractivity contribution in [2.75, 3.05) is 26.0 Å². The van der Waals surface area contributed by atoms with E-state index in [-0.39, 0.29) is 11.9 Å². The first-order valence-corrected chi connectivity index (χ1v) is 7.19. The molecule has 0 saturated heterocycles. The van der Waals surface area contributed by atoms with Gasteiger partial charge < -0.3 is 15.8 Å². The van der Waals surface area contributed by atoms with Crippen LogP contribution in [0.3, 0.4) is 0 Å². The molecule has 0 spiro atoms. The van der Waals surface area contributed by atoms with Gasteiger partial charge in [0, 0.05) is 20.3 Å². The van der Waals surface area contributed by atoms with Crippen molar-refractivity contribution in [3.63, 3.8) is 0 Å². The first kappa shape index (κ1) is 16.5. The molecule has 1 heterocycles. The lowest BCUT2D eigenvalue weighted by molar-refractivity contribution is -0.124. The Labute approximate surface area is 120 Å². The number of aryl methyl sites for hydroxylation is 1. The molecule has 0 aliphatic rings. The minimum atomic E-state index is -0.352. The number of nitrogen functional groups attached to an aromatic ring is 1. The van der Waals surface area contributed by atoms with Crippen molar-refractivity contribution in [2.24, 2.45) is 0 Å². The van der Waals surface area contributed by atoms with Crippen LogP contribution in [0.4, 0.5) is 5.69 Å². The summed E-state index contributed by atoms with van der Waals surface area (Å²) in [6.45, 7) is 7.13. The lowest BCUT2D eigenvalue weighted by Gasteiger charge is -2.15. The number of rotatable bonds is 8. The van der Waals surface area contributed by atoms with Gasteiger partial charge in [0.1, 0.15) is 6.04 Å². The number of carbonyl (C=O) groups is 1. The smallest absolute Gasteiger partial charge is 0.244 e. The van der Waals surface area contributed by atoms with Crippen LogP contribution in [0.25, 0.3) is 0 Å². The Balaban J connectivity index is 2.75. The van der Waals surface area contributed by atoms with Crippen LogP contribution in [-0.2, 0) is 22.4 Å². The number of nitrogens with two attached hydrogens (primary N) is 1. The van der Waals surface area contributed by atoms with E-state index in [0.717, 1.165) is 30.7 Å². The van der Waals surface area contributed by atoms with E-state index < -0.39 is 0 Å². The van der Waals surface area contributed by atoms with Gasteiger partial charge in [-0.3, -0.25) is 9.48 Å². The number of nitrogens with zero attached hydrogens (tertiary/aromatic N) is 2. The molecule has 1 aromatic rings. The highest BCUT2D eigenvalue weighted by Crippen LogP contribution is 2.22. The first-order chi connectivity index (χ1) is 9.56. The lowest BCUT2D eigenvalue weighted by Crippen LogP contribution is -2.33. The summed E-state index contributed by atoms with van der Waals surface area (Å²) in [6.07, 6.45) is 2.34. The third-order valence-corrected chi connectivity index (χ3v) is 3.37. The van der Waals surface area contributed by atoms with Gasteiger partial charge in [-0.25, -0.2) is 0 Å². The van der Waals surface area contributed by atoms with Crippen LogP contribution in [0, 0.1) is 0 Å². The molecule has 20 heavy (non-hydrogen) atoms. The summed E-state index contributed by atoms with van der Waals surface area (Å²) in [5.41, 5.74) is 8.58. The molecule has 1 amide bonds. The van der Waals surface area contributed by atoms with Crippen LogP contribution in [-0.4, -0.2) is 35.9 Å². The van der Waals surface area contributed by atoms with Gasteiger partial charge in [0.2, 0.25) is 5.91 Å². The summed E-state index contributed by atoms with van der Waals surface area (Å²) in [4.78, 5) is 12.1. The van der Waals surface area contributed by atoms with E-state index in [1.165, 1.54) is 0 Å². The summed E-state index contributed by atoms with van der Waals surface area (Å²) >= 11 is 0. The van der Waals surface area contributed by atoms with Gasteiger partial charge in [0.25, 0.3) is 0 Å². The first-order valence-electron chi connectivity index (χ1n) is 7.19. The quantitative estimate of drug-likeness (QED) is 0.704. The molecule has 114 valence electrons. The van der Waals surface area contributed by atoms with Crippen molar-refractivity contribution in [1.29, 1.82) is 0 Å². The molecule has 0 fully saturated rings. The fourth-order valence-corrected chi connectivity index (χ4v) is 2.16. The van der Waals surface area contributed by atoms with Crippen LogP contribution in [0.2, 0.25) is 0 Å². The number of hydrogen-bond donors (Lipinski definition) is 2. The van der Waals surface area contributed by atoms with Gasteiger partial charge >= 0.3 is 0 Å². The maximum atomic E-state index is 12.1. The van der Waals surface area contributed by atoms with Crippen molar-refractivity contribution in [1.82, 2.24) is 15.1 Å². The molecular weight excluding hydrogens is 256 g/mol. The minimum absolute atomic E-state index is 0.0408. The van der Waals surface area contributed by atoms with Crippen LogP contribution < -0.4 is 11.1 Å². The molecule has 1 rings (SSSR count). The number of carbonyl (C=O) groups excluding carboxylic acids is 1. The number of aromatic nitrogens is 2. The summed E-state index contributed by atoms with van der Waals surface area (Å²) in [5.74, 6) is -0.0408. The normalized spacial score (nSPS) is 12.4. The molecule has 1 unspecified atom stereocenters. The number of amides is 1. The second-order valence-electron chi connectivity index (χ2n) is 4.77. The standard InChI is InChI=1S/C14H26N4O2/c1-5-11-13(15)12(6-2)18(17-11)10(3)14(19)16-8-7-9-20-4/h10H,5-9,15H2,1-4H3,(H,16,19). The Morgan fingerprint density at radius 3 is 2.70 bits per heavy atom. The average Bonchev–Trinajstić information content (AvgIpc) is 2.78. The van der Waals surface area contributed by atoms with E-state index in [1.807, 2.05) is 20.8 Å². The van der Waals surface area contributed by atoms with E-state index >= 15 is 0 Å². The van der Waals surface area contributed by atoms with Crippen LogP contribution in [0.5, 0.6) is 0 Å². The average molecular weight is 282 g/mol. The van der Waals surface area contributed by atoms with Crippen LogP contribution in [0.1, 0.15) is 44.6 Å². The van der Waals surface area contributed by atoms with Crippen molar-refractivity contribution in [3.05, 3.63) is 11.4 Å². The third-order valence-electron chi connectivity index (χ3n) is 3.37. The minimum Gasteiger partial charge on any atom is -0.396 e. The predicted molar refractivity (Wildman–Crippen MR) is 79.6 cm³/mol. The van der Waals surface area contributed by atoms with Gasteiger partial charge in [-0.2, -0.15) is 5.10 Å². The second-order valence-corrected chi connectivity index (χ2v) is 4.77. The summed E-state index contributed by atoms with van der Waals surface area (Å²) in [7, 11) is 1.65. The summed E-state index contributed by atoms with van der Waals surface area (Å²) in [5, 5.41) is 7.36. The molecule has 1 aromatic heterocycles. The summed E-state index contributed by atoms with van der Waals surface area (Å²) in [6, 6.07) is -0.352. The molecule has 0 saturated carbocycles. The summed E-state index contributed by atoms with van der Waals surface area (Å²) < 4.78 is 6.70. The molecule has 0 bridgehead atoms. The van der Waals surface area contributed by atoms with Crippen molar-refractivity contribution < 1.29 is 9.53 Å². The molecule has 0 radical (unpaired) electrons. The SMILES string of the molecule is CCc1nn(C(C)C(=O)NCCCOC)c(CC)c1N. The molecule has 0 aromatic carbocycles. The zero-order valence-electron chi connectivity index (χ0n) is 12.9. The Bertz CT molecular complexity index is 443. The molecule has 0 aliphatic carbocycles. The van der Waals surface area contributed by atoms with Gasteiger partial charge in [-0.15, -0.1) is 0 Å². The third kappa shape index (κ3) is 3.72. The zero-order valence-corrected chi connectivity index (χ0v) is 12.9. The molecule has 0 aliphatic heterocycles. The van der Waals surface area contributed by atoms with Crippen molar-refractivity contribution in [3.8, 4) is 0 Å². The number of methoxy groups -OCH3 is 1. The van der Waals surface area contributed by atoms with Gasteiger partial charge in [-0.05, 0) is 26.2 Å². The van der Waals surface area contributed by atoms with Crippen molar-refractivity contribution >= 4 is 11.6 Å². The second kappa shape index (κ2) is 7.89. The fourth-order valence-electron chi connectivity index (χ4n) is 2.16. The molecule has 6 heteroatoms. The number of ether oxygens (including phenoxy) is 1. The number of nitrogens with one attached hydrogen (secondary N) is 1. The fraction of sp³-hybridized carbons (Fsp3) is 0.714. The highest BCUT2D eigenvalue weighted by Gasteiger charge is 2.21. The predicted octanol–water partition coefficient (Wildman–Crippen LogP) is 1.30. The van der Waals surface area contributed by atoms with E-state index in [9.17, 15) is 4.79 Å². The zero-order chi connectivity index (χ0) is 15.1. The highest BCUT2D eigenvalue weighted by atomic mass is 16.5. The van der Waals surface area contributed by atoms with Crippen molar-refractivity contribution in [2.45, 2.75) is 46.1 Å². The maximum Gasteiger partial charge on any atom is 0.244 e. The lowest BCUT2D eigenvalue weighted by atomic mass is 10.2. The van der Waals surface area contributed by atoms with Gasteiger partial charge in [-0.1, -0.05) is 13.8 Å². The molecule has 3 N–H and O–H groups in total. The Kier molecular flexibility index (Phi) is 6.51. The Hall–Kier alpha value is -1.56. The van der Waals surface area contributed by atoms with E-state index in [1.54, 1.807) is 11.8 Å². The van der Waals surface area contributed by atoms with E-state index in [0.29, 0.717) is 18.8 Å². The Morgan fingerprint density at radius 1 is 1.45 bits per heavy atom. The molecule has 6 nitrogen and oxygen atoms in total. The highest BCUT2D eigenvalue weighted by molar-refractivity contribution is 5.80. The Morgan fingerprint density at radius 2 is 2.15 bits per heavy atom. The van der Waals surface area contributed by atoms with Gasteiger partial charge in [0.05, 0.1) is 17.1 Å². The van der Waals surface area contributed by atoms with E-state index in [4.69, 9.17) is 10.5 Å².